The van der Waals surface area contributed by atoms with Gasteiger partial charge in [0.1, 0.15) is 12.9 Å². The Bertz CT molecular complexity index is 1720. The summed E-state index contributed by atoms with van der Waals surface area (Å²) in [5.74, 6) is 0.458. The monoisotopic (exact) mass is 423 g/mol. The van der Waals surface area contributed by atoms with Gasteiger partial charge in [-0.25, -0.2) is 8.96 Å². The van der Waals surface area contributed by atoms with Crippen LogP contribution < -0.4 is 4.57 Å². The molecule has 3 heterocycles. The van der Waals surface area contributed by atoms with E-state index in [2.05, 4.69) is 79.4 Å². The van der Waals surface area contributed by atoms with Crippen molar-refractivity contribution in [2.24, 2.45) is 13.0 Å². The molecule has 2 nitrogen and oxygen atoms in total. The van der Waals surface area contributed by atoms with Gasteiger partial charge >= 0.3 is 0 Å². The van der Waals surface area contributed by atoms with Crippen LogP contribution in [0.2, 0.25) is 0 Å². The lowest BCUT2D eigenvalue weighted by molar-refractivity contribution is -0.643. The number of aryl methyl sites for hydroxylation is 3. The van der Waals surface area contributed by atoms with Crippen molar-refractivity contribution in [1.82, 2.24) is 4.40 Å². The van der Waals surface area contributed by atoms with Crippen molar-refractivity contribution in [1.29, 1.82) is 0 Å². The highest BCUT2D eigenvalue weighted by Gasteiger charge is 2.28. The highest BCUT2D eigenvalue weighted by Crippen LogP contribution is 2.44. The van der Waals surface area contributed by atoms with E-state index in [9.17, 15) is 0 Å². The first-order chi connectivity index (χ1) is 15.3. The highest BCUT2D eigenvalue weighted by molar-refractivity contribution is 6.28. The Morgan fingerprint density at radius 3 is 2.41 bits per heavy atom. The fourth-order valence-corrected chi connectivity index (χ4v) is 5.90. The van der Waals surface area contributed by atoms with Crippen molar-refractivity contribution >= 4 is 49.0 Å². The number of rotatable bonds is 2. The molecule has 6 rings (SSSR count). The molecular formula is C29H28FN2+. The van der Waals surface area contributed by atoms with Crippen molar-refractivity contribution in [3.63, 3.8) is 0 Å². The largest absolute Gasteiger partial charge is 0.307 e. The first-order valence-electron chi connectivity index (χ1n) is 11.5. The second-order valence-electron chi connectivity index (χ2n) is 9.86. The fraction of sp³-hybridized carbons (Fsp3) is 0.276. The van der Waals surface area contributed by atoms with Crippen LogP contribution in [0.15, 0.2) is 42.6 Å². The number of benzene rings is 3. The predicted octanol–water partition coefficient (Wildman–Crippen LogP) is 7.08. The van der Waals surface area contributed by atoms with E-state index in [1.807, 2.05) is 13.8 Å². The molecule has 3 aromatic heterocycles. The SMILES string of the molecule is Cc1c(F)c(C)c2c(c1C)c1c3c(cc[n+]1C)cc(CC(C)C)c1c4ccccc4n2c13. The third kappa shape index (κ3) is 2.26. The van der Waals surface area contributed by atoms with E-state index in [-0.39, 0.29) is 5.82 Å². The van der Waals surface area contributed by atoms with Gasteiger partial charge in [0.05, 0.1) is 27.3 Å². The van der Waals surface area contributed by atoms with E-state index in [4.69, 9.17) is 0 Å². The van der Waals surface area contributed by atoms with Gasteiger partial charge in [-0.1, -0.05) is 32.0 Å². The zero-order valence-corrected chi connectivity index (χ0v) is 19.6. The van der Waals surface area contributed by atoms with E-state index in [0.29, 0.717) is 5.92 Å². The maximum absolute atomic E-state index is 15.5. The van der Waals surface area contributed by atoms with Gasteiger partial charge in [-0.05, 0) is 67.3 Å². The molecule has 0 spiro atoms. The van der Waals surface area contributed by atoms with Crippen molar-refractivity contribution in [2.45, 2.75) is 41.0 Å². The summed E-state index contributed by atoms with van der Waals surface area (Å²) in [5, 5.41) is 6.26. The van der Waals surface area contributed by atoms with Gasteiger partial charge in [-0.3, -0.25) is 0 Å². The molecule has 0 atom stereocenters. The molecule has 0 bridgehead atoms. The summed E-state index contributed by atoms with van der Waals surface area (Å²) < 4.78 is 20.0. The van der Waals surface area contributed by atoms with Gasteiger partial charge in [0.25, 0.3) is 0 Å². The average Bonchev–Trinajstić information content (AvgIpc) is 3.12. The smallest absolute Gasteiger partial charge is 0.224 e. The maximum Gasteiger partial charge on any atom is 0.224 e. The molecule has 0 aliphatic rings. The Labute approximate surface area is 187 Å². The number of para-hydroxylation sites is 1. The molecular weight excluding hydrogens is 395 g/mol. The zero-order chi connectivity index (χ0) is 22.5. The van der Waals surface area contributed by atoms with Crippen LogP contribution in [0.1, 0.15) is 36.1 Å². The molecule has 0 saturated heterocycles. The molecule has 0 N–H and O–H groups in total. The van der Waals surface area contributed by atoms with Crippen LogP contribution in [0.3, 0.4) is 0 Å². The Kier molecular flexibility index (Phi) is 3.90. The molecule has 0 saturated carbocycles. The number of hydrogen-bond acceptors (Lipinski definition) is 0. The Hall–Kier alpha value is -3.20. The van der Waals surface area contributed by atoms with E-state index < -0.39 is 0 Å². The van der Waals surface area contributed by atoms with Crippen LogP contribution in [0, 0.1) is 32.5 Å². The highest BCUT2D eigenvalue weighted by atomic mass is 19.1. The number of aromatic nitrogens is 2. The van der Waals surface area contributed by atoms with E-state index >= 15 is 4.39 Å². The second-order valence-corrected chi connectivity index (χ2v) is 9.86. The molecule has 3 heteroatoms. The summed E-state index contributed by atoms with van der Waals surface area (Å²) >= 11 is 0. The van der Waals surface area contributed by atoms with Crippen LogP contribution in [-0.4, -0.2) is 4.40 Å². The maximum atomic E-state index is 15.5. The minimum absolute atomic E-state index is 0.0937. The third-order valence-electron chi connectivity index (χ3n) is 7.39. The van der Waals surface area contributed by atoms with Crippen molar-refractivity contribution in [3.8, 4) is 0 Å². The topological polar surface area (TPSA) is 8.29 Å². The summed E-state index contributed by atoms with van der Waals surface area (Å²) in [5.41, 5.74) is 8.44. The first kappa shape index (κ1) is 19.5. The minimum Gasteiger partial charge on any atom is -0.307 e. The summed E-state index contributed by atoms with van der Waals surface area (Å²) in [4.78, 5) is 0. The molecule has 0 fully saturated rings. The number of nitrogens with zero attached hydrogens (tertiary/aromatic N) is 2. The van der Waals surface area contributed by atoms with Crippen LogP contribution in [0.5, 0.6) is 0 Å². The molecule has 0 aliphatic heterocycles. The Morgan fingerprint density at radius 2 is 1.66 bits per heavy atom. The molecule has 0 unspecified atom stereocenters. The lowest BCUT2D eigenvalue weighted by Crippen LogP contribution is -2.29. The molecule has 0 aliphatic carbocycles. The van der Waals surface area contributed by atoms with E-state index in [1.165, 1.54) is 38.1 Å². The summed E-state index contributed by atoms with van der Waals surface area (Å²) in [6, 6.07) is 13.2. The molecule has 0 radical (unpaired) electrons. The van der Waals surface area contributed by atoms with Gasteiger partial charge in [0.2, 0.25) is 5.52 Å². The molecule has 3 aromatic carbocycles. The summed E-state index contributed by atoms with van der Waals surface area (Å²) in [7, 11) is 2.11. The molecule has 0 amide bonds. The van der Waals surface area contributed by atoms with Gasteiger partial charge in [0, 0.05) is 22.4 Å². The van der Waals surface area contributed by atoms with Gasteiger partial charge in [-0.2, -0.15) is 0 Å². The van der Waals surface area contributed by atoms with Crippen LogP contribution in [-0.2, 0) is 13.5 Å². The van der Waals surface area contributed by atoms with Crippen LogP contribution in [0.4, 0.5) is 4.39 Å². The van der Waals surface area contributed by atoms with Crippen molar-refractivity contribution < 1.29 is 8.96 Å². The molecule has 32 heavy (non-hydrogen) atoms. The average molecular weight is 424 g/mol. The quantitative estimate of drug-likeness (QED) is 0.160. The lowest BCUT2D eigenvalue weighted by atomic mass is 9.91. The number of pyridine rings is 2. The van der Waals surface area contributed by atoms with Gasteiger partial charge in [-0.15, -0.1) is 0 Å². The Balaban J connectivity index is 2.09. The number of hydrogen-bond donors (Lipinski definition) is 0. The van der Waals surface area contributed by atoms with Gasteiger partial charge < -0.3 is 4.40 Å². The molecule has 160 valence electrons. The molecule has 6 aromatic rings. The summed E-state index contributed by atoms with van der Waals surface area (Å²) in [6.45, 7) is 10.5. The Morgan fingerprint density at radius 1 is 0.906 bits per heavy atom. The van der Waals surface area contributed by atoms with E-state index in [1.54, 1.807) is 0 Å². The van der Waals surface area contributed by atoms with Gasteiger partial charge in [0.15, 0.2) is 6.20 Å². The standard InChI is InChI=1S/C29H28FN2/c1-15(2)13-20-14-19-11-12-31(6)28-23-16(3)17(4)26(30)18(5)27(23)32-22-10-8-7-9-21(22)24(20)29(32)25(19)28/h7-12,14-15H,13H2,1-6H3/q+1. The summed E-state index contributed by atoms with van der Waals surface area (Å²) in [6.07, 6.45) is 3.17. The second kappa shape index (κ2) is 6.41. The third-order valence-corrected chi connectivity index (χ3v) is 7.39. The van der Waals surface area contributed by atoms with Crippen LogP contribution >= 0.6 is 0 Å². The normalized spacial score (nSPS) is 12.6. The van der Waals surface area contributed by atoms with E-state index in [0.717, 1.165) is 39.5 Å². The minimum atomic E-state index is -0.0937. The number of fused-ring (bicyclic) bond motifs is 6. The fourth-order valence-electron chi connectivity index (χ4n) is 5.90. The number of halogens is 1. The van der Waals surface area contributed by atoms with Crippen molar-refractivity contribution in [2.75, 3.05) is 0 Å². The first-order valence-corrected chi connectivity index (χ1v) is 11.5. The zero-order valence-electron chi connectivity index (χ0n) is 19.6. The van der Waals surface area contributed by atoms with Crippen molar-refractivity contribution in [3.05, 3.63) is 70.7 Å². The van der Waals surface area contributed by atoms with Crippen LogP contribution in [0.25, 0.3) is 49.0 Å². The predicted molar refractivity (Wildman–Crippen MR) is 132 cm³/mol. The lowest BCUT2D eigenvalue weighted by Gasteiger charge is -2.18.